The fourth-order valence-electron chi connectivity index (χ4n) is 3.03. The molecule has 2 atom stereocenters. The molecule has 2 aromatic carbocycles. The van der Waals surface area contributed by atoms with Gasteiger partial charge < -0.3 is 25.8 Å². The predicted octanol–water partition coefficient (Wildman–Crippen LogP) is 1.87. The van der Waals surface area contributed by atoms with Crippen molar-refractivity contribution >= 4 is 23.9 Å². The van der Waals surface area contributed by atoms with Gasteiger partial charge in [0.05, 0.1) is 0 Å². The highest BCUT2D eigenvalue weighted by Crippen LogP contribution is 2.08. The number of amides is 3. The molecule has 0 aliphatic heterocycles. The van der Waals surface area contributed by atoms with E-state index in [-0.39, 0.29) is 18.9 Å². The van der Waals surface area contributed by atoms with Crippen LogP contribution >= 0.6 is 0 Å². The molecule has 9 heteroatoms. The smallest absolute Gasteiger partial charge is 0.408 e. The van der Waals surface area contributed by atoms with Crippen LogP contribution in [0.15, 0.2) is 60.7 Å². The van der Waals surface area contributed by atoms with Crippen molar-refractivity contribution in [2.45, 2.75) is 39.0 Å². The van der Waals surface area contributed by atoms with E-state index in [1.54, 1.807) is 13.8 Å². The highest BCUT2D eigenvalue weighted by atomic mass is 16.5. The highest BCUT2D eigenvalue weighted by molar-refractivity contribution is 5.92. The molecule has 176 valence electrons. The third kappa shape index (κ3) is 9.02. The average Bonchev–Trinajstić information content (AvgIpc) is 2.80. The maximum atomic E-state index is 13.0. The van der Waals surface area contributed by atoms with Crippen molar-refractivity contribution in [3.05, 3.63) is 71.8 Å². The Kier molecular flexibility index (Phi) is 9.88. The van der Waals surface area contributed by atoms with Crippen LogP contribution in [0.4, 0.5) is 4.79 Å². The Labute approximate surface area is 192 Å². The fraction of sp³-hybridized carbons (Fsp3) is 0.333. The molecule has 0 heterocycles. The van der Waals surface area contributed by atoms with E-state index in [0.29, 0.717) is 0 Å². The van der Waals surface area contributed by atoms with E-state index in [9.17, 15) is 19.2 Å². The van der Waals surface area contributed by atoms with Crippen LogP contribution in [0.1, 0.15) is 25.0 Å². The number of alkyl carbamates (subject to hydrolysis) is 1. The van der Waals surface area contributed by atoms with Crippen LogP contribution in [0.25, 0.3) is 0 Å². The van der Waals surface area contributed by atoms with E-state index in [1.165, 1.54) is 0 Å². The molecule has 0 fully saturated rings. The van der Waals surface area contributed by atoms with Crippen LogP contribution in [0.3, 0.4) is 0 Å². The van der Waals surface area contributed by atoms with E-state index < -0.39 is 42.5 Å². The second-order valence-electron chi connectivity index (χ2n) is 7.79. The number of rotatable bonds is 11. The number of carboxylic acid groups (broad SMARTS) is 1. The van der Waals surface area contributed by atoms with E-state index in [0.717, 1.165) is 11.1 Å². The number of hydrogen-bond donors (Lipinski definition) is 4. The monoisotopic (exact) mass is 455 g/mol. The SMILES string of the molecule is CC(C)[C@H](NC(=O)[C@H](Cc1ccccc1)NC(=O)OCc1ccccc1)C(=O)NCC(=O)O. The molecule has 4 N–H and O–H groups in total. The van der Waals surface area contributed by atoms with Crippen molar-refractivity contribution in [3.63, 3.8) is 0 Å². The topological polar surface area (TPSA) is 134 Å². The van der Waals surface area contributed by atoms with Crippen molar-refractivity contribution < 1.29 is 29.0 Å². The van der Waals surface area contributed by atoms with E-state index in [4.69, 9.17) is 9.84 Å². The van der Waals surface area contributed by atoms with Gasteiger partial charge in [0.15, 0.2) is 0 Å². The Morgan fingerprint density at radius 3 is 1.97 bits per heavy atom. The van der Waals surface area contributed by atoms with Crippen molar-refractivity contribution in [2.75, 3.05) is 6.54 Å². The third-order valence-corrected chi connectivity index (χ3v) is 4.76. The van der Waals surface area contributed by atoms with Gasteiger partial charge in [-0.15, -0.1) is 0 Å². The number of nitrogens with one attached hydrogen (secondary N) is 3. The summed E-state index contributed by atoms with van der Waals surface area (Å²) in [5.41, 5.74) is 1.60. The largest absolute Gasteiger partial charge is 0.480 e. The minimum atomic E-state index is -1.19. The lowest BCUT2D eigenvalue weighted by molar-refractivity contribution is -0.138. The summed E-state index contributed by atoms with van der Waals surface area (Å²) in [5, 5.41) is 16.3. The van der Waals surface area contributed by atoms with Gasteiger partial charge >= 0.3 is 12.1 Å². The summed E-state index contributed by atoms with van der Waals surface area (Å²) in [6.07, 6.45) is -0.597. The van der Waals surface area contributed by atoms with Crippen LogP contribution < -0.4 is 16.0 Å². The quantitative estimate of drug-likeness (QED) is 0.409. The van der Waals surface area contributed by atoms with Crippen molar-refractivity contribution in [3.8, 4) is 0 Å². The number of carbonyl (C=O) groups is 4. The molecular weight excluding hydrogens is 426 g/mol. The summed E-state index contributed by atoms with van der Waals surface area (Å²) < 4.78 is 5.24. The van der Waals surface area contributed by atoms with Crippen molar-refractivity contribution in [1.82, 2.24) is 16.0 Å². The lowest BCUT2D eigenvalue weighted by Crippen LogP contribution is -2.56. The minimum Gasteiger partial charge on any atom is -0.480 e. The Bertz CT molecular complexity index is 934. The van der Waals surface area contributed by atoms with E-state index >= 15 is 0 Å². The molecule has 0 saturated heterocycles. The molecule has 0 bridgehead atoms. The molecule has 33 heavy (non-hydrogen) atoms. The summed E-state index contributed by atoms with van der Waals surface area (Å²) in [6, 6.07) is 16.2. The first-order valence-electron chi connectivity index (χ1n) is 10.6. The molecule has 0 aromatic heterocycles. The number of aliphatic carboxylic acids is 1. The normalized spacial score (nSPS) is 12.3. The molecule has 0 aliphatic rings. The van der Waals surface area contributed by atoms with Gasteiger partial charge in [-0.25, -0.2) is 4.79 Å². The van der Waals surface area contributed by atoms with Gasteiger partial charge in [0.2, 0.25) is 11.8 Å². The average molecular weight is 456 g/mol. The van der Waals surface area contributed by atoms with Gasteiger partial charge in [-0.3, -0.25) is 14.4 Å². The summed E-state index contributed by atoms with van der Waals surface area (Å²) in [7, 11) is 0. The number of carbonyl (C=O) groups excluding carboxylic acids is 3. The summed E-state index contributed by atoms with van der Waals surface area (Å²) >= 11 is 0. The molecule has 0 spiro atoms. The van der Waals surface area contributed by atoms with Crippen LogP contribution in [-0.4, -0.2) is 47.6 Å². The number of hydrogen-bond acceptors (Lipinski definition) is 5. The summed E-state index contributed by atoms with van der Waals surface area (Å²) in [4.78, 5) is 48.6. The second-order valence-corrected chi connectivity index (χ2v) is 7.79. The maximum absolute atomic E-state index is 13.0. The molecule has 0 unspecified atom stereocenters. The zero-order chi connectivity index (χ0) is 24.2. The fourth-order valence-corrected chi connectivity index (χ4v) is 3.03. The Hall–Kier alpha value is -3.88. The lowest BCUT2D eigenvalue weighted by atomic mass is 10.0. The van der Waals surface area contributed by atoms with Crippen molar-refractivity contribution in [1.29, 1.82) is 0 Å². The maximum Gasteiger partial charge on any atom is 0.408 e. The molecule has 9 nitrogen and oxygen atoms in total. The van der Waals surface area contributed by atoms with Crippen LogP contribution in [0.5, 0.6) is 0 Å². The summed E-state index contributed by atoms with van der Waals surface area (Å²) in [5.74, 6) is -2.71. The van der Waals surface area contributed by atoms with Crippen LogP contribution in [0.2, 0.25) is 0 Å². The Morgan fingerprint density at radius 2 is 1.42 bits per heavy atom. The van der Waals surface area contributed by atoms with Gasteiger partial charge in [0.1, 0.15) is 25.2 Å². The number of carboxylic acids is 1. The Balaban J connectivity index is 2.08. The highest BCUT2D eigenvalue weighted by Gasteiger charge is 2.29. The first-order chi connectivity index (χ1) is 15.8. The van der Waals surface area contributed by atoms with Crippen LogP contribution in [-0.2, 0) is 32.1 Å². The first kappa shape index (κ1) is 25.4. The molecule has 0 radical (unpaired) electrons. The summed E-state index contributed by atoms with van der Waals surface area (Å²) in [6.45, 7) is 2.92. The number of ether oxygens (including phenoxy) is 1. The molecule has 0 aliphatic carbocycles. The van der Waals surface area contributed by atoms with Gasteiger partial charge in [0, 0.05) is 6.42 Å². The van der Waals surface area contributed by atoms with Gasteiger partial charge in [-0.2, -0.15) is 0 Å². The van der Waals surface area contributed by atoms with Crippen LogP contribution in [0, 0.1) is 5.92 Å². The second kappa shape index (κ2) is 12.8. The Morgan fingerprint density at radius 1 is 0.848 bits per heavy atom. The zero-order valence-corrected chi connectivity index (χ0v) is 18.6. The molecular formula is C24H29N3O6. The van der Waals surface area contributed by atoms with Gasteiger partial charge in [-0.05, 0) is 17.0 Å². The third-order valence-electron chi connectivity index (χ3n) is 4.76. The number of benzene rings is 2. The predicted molar refractivity (Wildman–Crippen MR) is 121 cm³/mol. The molecule has 2 aromatic rings. The molecule has 2 rings (SSSR count). The van der Waals surface area contributed by atoms with Gasteiger partial charge in [-0.1, -0.05) is 74.5 Å². The minimum absolute atomic E-state index is 0.0402. The zero-order valence-electron chi connectivity index (χ0n) is 18.6. The van der Waals surface area contributed by atoms with E-state index in [2.05, 4.69) is 16.0 Å². The lowest BCUT2D eigenvalue weighted by Gasteiger charge is -2.25. The van der Waals surface area contributed by atoms with Gasteiger partial charge in [0.25, 0.3) is 0 Å². The standard InChI is InChI=1S/C24H29N3O6/c1-16(2)21(23(31)25-14-20(28)29)27-22(30)19(13-17-9-5-3-6-10-17)26-24(32)33-15-18-11-7-4-8-12-18/h3-12,16,19,21H,13-15H2,1-2H3,(H,25,31)(H,26,32)(H,27,30)(H,28,29)/t19-,21-/m0/s1. The van der Waals surface area contributed by atoms with E-state index in [1.807, 2.05) is 60.7 Å². The molecule has 0 saturated carbocycles. The van der Waals surface area contributed by atoms with Crippen molar-refractivity contribution in [2.24, 2.45) is 5.92 Å². The molecule has 3 amide bonds. The first-order valence-corrected chi connectivity index (χ1v) is 10.6.